The summed E-state index contributed by atoms with van der Waals surface area (Å²) in [5.41, 5.74) is 0. The minimum atomic E-state index is -4.64. The van der Waals surface area contributed by atoms with Gasteiger partial charge in [0.2, 0.25) is 0 Å². The zero-order chi connectivity index (χ0) is 14.9. The summed E-state index contributed by atoms with van der Waals surface area (Å²) >= 11 is 0. The van der Waals surface area contributed by atoms with E-state index in [9.17, 15) is 0 Å². The molecule has 19 heavy (non-hydrogen) atoms. The van der Waals surface area contributed by atoms with Crippen molar-refractivity contribution in [1.82, 2.24) is 0 Å². The van der Waals surface area contributed by atoms with Crippen LogP contribution in [0.15, 0.2) is 12.7 Å². The summed E-state index contributed by atoms with van der Waals surface area (Å²) in [4.78, 5) is 21.6. The quantitative estimate of drug-likeness (QED) is 0.203. The van der Waals surface area contributed by atoms with Crippen molar-refractivity contribution in [3.63, 3.8) is 0 Å². The number of rotatable bonds is 7. The summed E-state index contributed by atoms with van der Waals surface area (Å²) < 4.78 is 14.1. The second kappa shape index (κ2) is 23.5. The van der Waals surface area contributed by atoms with Gasteiger partial charge < -0.3 is 26.3 Å². The maximum Gasteiger partial charge on any atom is 1.00 e. The van der Waals surface area contributed by atoms with E-state index < -0.39 is 7.82 Å². The number of allylic oxidation sites excluding steroid dienone is 1. The molecule has 5 nitrogen and oxygen atoms in total. The Hall–Kier alpha value is 0.407. The van der Waals surface area contributed by atoms with Crippen LogP contribution in [-0.2, 0) is 9.30 Å². The van der Waals surface area contributed by atoms with E-state index in [1.165, 1.54) is 19.3 Å². The van der Waals surface area contributed by atoms with E-state index >= 15 is 0 Å². The van der Waals surface area contributed by atoms with Crippen LogP contribution >= 0.6 is 7.82 Å². The molecular weight excluding hydrogens is 262 g/mol. The number of unbranched alkanes of at least 4 members (excludes halogenated alkanes) is 2. The molecular formula is C12H28LiO5P. The Kier molecular flexibility index (Phi) is 34.3. The first-order valence-corrected chi connectivity index (χ1v) is 7.66. The smallest absolute Gasteiger partial charge is 0.384 e. The first kappa shape index (κ1) is 27.7. The summed E-state index contributed by atoms with van der Waals surface area (Å²) in [5, 5.41) is 0. The first-order valence-electron chi connectivity index (χ1n) is 6.09. The van der Waals surface area contributed by atoms with E-state index in [0.29, 0.717) is 0 Å². The standard InChI is InChI=1S/C8H17O.C4H8.Li.H3O4P/c1-3-5-6-8-9-7-4-2;1-3-4-2;;1-5(2,3)4/h2-8H2,1H3;3H,1,4H2,2H3;;(H3,1,2,3,4)/q-1;;+1;. The predicted octanol–water partition coefficient (Wildman–Crippen LogP) is 0.0752. The van der Waals surface area contributed by atoms with Crippen molar-refractivity contribution < 1.29 is 42.8 Å². The zero-order valence-corrected chi connectivity index (χ0v) is 13.4. The molecule has 0 bridgehead atoms. The molecule has 0 atom stereocenters. The van der Waals surface area contributed by atoms with E-state index in [-0.39, 0.29) is 18.9 Å². The van der Waals surface area contributed by atoms with Crippen molar-refractivity contribution in [3.8, 4) is 0 Å². The molecule has 0 amide bonds. The largest absolute Gasteiger partial charge is 1.00 e. The Morgan fingerprint density at radius 1 is 1.21 bits per heavy atom. The maximum atomic E-state index is 8.88. The summed E-state index contributed by atoms with van der Waals surface area (Å²) in [6.07, 6.45) is 7.62. The fraction of sp³-hybridized carbons (Fsp3) is 0.750. The summed E-state index contributed by atoms with van der Waals surface area (Å²) in [7, 11) is -4.64. The second-order valence-corrected chi connectivity index (χ2v) is 4.41. The molecule has 0 aliphatic carbocycles. The molecule has 0 aromatic carbocycles. The Morgan fingerprint density at radius 2 is 1.63 bits per heavy atom. The average molecular weight is 290 g/mol. The molecule has 0 aromatic rings. The van der Waals surface area contributed by atoms with Gasteiger partial charge in [-0.05, 0) is 12.8 Å². The number of hydrogen-bond acceptors (Lipinski definition) is 2. The first-order chi connectivity index (χ1) is 8.33. The van der Waals surface area contributed by atoms with E-state index in [0.717, 1.165) is 26.1 Å². The van der Waals surface area contributed by atoms with Gasteiger partial charge in [0, 0.05) is 13.2 Å². The van der Waals surface area contributed by atoms with Gasteiger partial charge in [0.15, 0.2) is 0 Å². The van der Waals surface area contributed by atoms with Gasteiger partial charge in [-0.2, -0.15) is 6.42 Å². The maximum absolute atomic E-state index is 8.88. The fourth-order valence-electron chi connectivity index (χ4n) is 0.658. The molecule has 0 radical (unpaired) electrons. The van der Waals surface area contributed by atoms with Gasteiger partial charge in [-0.1, -0.05) is 32.8 Å². The van der Waals surface area contributed by atoms with Crippen LogP contribution < -0.4 is 18.9 Å². The molecule has 0 spiro atoms. The van der Waals surface area contributed by atoms with Crippen molar-refractivity contribution in [2.75, 3.05) is 13.2 Å². The monoisotopic (exact) mass is 290 g/mol. The summed E-state index contributed by atoms with van der Waals surface area (Å²) in [6, 6.07) is 0. The van der Waals surface area contributed by atoms with Crippen LogP contribution in [0.1, 0.15) is 46.0 Å². The number of ether oxygens (including phenoxy) is 1. The molecule has 0 unspecified atom stereocenters. The minimum absolute atomic E-state index is 0. The van der Waals surface area contributed by atoms with Crippen LogP contribution in [0.2, 0.25) is 0 Å². The summed E-state index contributed by atoms with van der Waals surface area (Å²) in [5.74, 6) is 0. The molecule has 7 heteroatoms. The molecule has 0 aliphatic heterocycles. The van der Waals surface area contributed by atoms with E-state index in [2.05, 4.69) is 27.4 Å². The van der Waals surface area contributed by atoms with Crippen LogP contribution in [0.5, 0.6) is 0 Å². The van der Waals surface area contributed by atoms with Crippen molar-refractivity contribution in [2.24, 2.45) is 0 Å². The normalized spacial score (nSPS) is 9.16. The topological polar surface area (TPSA) is 87.0 Å². The van der Waals surface area contributed by atoms with Crippen molar-refractivity contribution >= 4 is 7.82 Å². The molecule has 0 fully saturated rings. The predicted molar refractivity (Wildman–Crippen MR) is 75.1 cm³/mol. The Morgan fingerprint density at radius 3 is 1.89 bits per heavy atom. The van der Waals surface area contributed by atoms with Gasteiger partial charge in [-0.15, -0.1) is 6.58 Å². The van der Waals surface area contributed by atoms with Crippen molar-refractivity contribution in [2.45, 2.75) is 46.0 Å². The van der Waals surface area contributed by atoms with Gasteiger partial charge >= 0.3 is 26.7 Å². The number of phosphoric acid groups is 1. The molecule has 3 N–H and O–H groups in total. The van der Waals surface area contributed by atoms with Crippen molar-refractivity contribution in [3.05, 3.63) is 19.6 Å². The molecule has 0 saturated carbocycles. The zero-order valence-electron chi connectivity index (χ0n) is 12.5. The average Bonchev–Trinajstić information content (AvgIpc) is 2.27. The minimum Gasteiger partial charge on any atom is -0.384 e. The van der Waals surface area contributed by atoms with Crippen LogP contribution in [0, 0.1) is 6.92 Å². The van der Waals surface area contributed by atoms with E-state index in [1.807, 2.05) is 6.08 Å². The van der Waals surface area contributed by atoms with E-state index in [1.54, 1.807) is 0 Å². The third-order valence-corrected chi connectivity index (χ3v) is 1.47. The van der Waals surface area contributed by atoms with Crippen LogP contribution in [0.3, 0.4) is 0 Å². The third-order valence-electron chi connectivity index (χ3n) is 1.47. The Labute approximate surface area is 129 Å². The van der Waals surface area contributed by atoms with Crippen LogP contribution in [0.25, 0.3) is 0 Å². The number of hydrogen-bond donors (Lipinski definition) is 3. The third kappa shape index (κ3) is 90.3. The molecule has 0 saturated heterocycles. The van der Waals surface area contributed by atoms with Gasteiger partial charge in [-0.25, -0.2) is 4.57 Å². The Balaban J connectivity index is -0.0000000964. The van der Waals surface area contributed by atoms with E-state index in [4.69, 9.17) is 24.0 Å². The van der Waals surface area contributed by atoms with Gasteiger partial charge in [0.1, 0.15) is 0 Å². The molecule has 0 aromatic heterocycles. The molecule has 0 rings (SSSR count). The van der Waals surface area contributed by atoms with Gasteiger partial charge in [0.25, 0.3) is 0 Å². The van der Waals surface area contributed by atoms with Gasteiger partial charge in [-0.3, -0.25) is 0 Å². The molecule has 0 aliphatic rings. The van der Waals surface area contributed by atoms with Crippen LogP contribution in [-0.4, -0.2) is 27.9 Å². The van der Waals surface area contributed by atoms with Crippen LogP contribution in [0.4, 0.5) is 0 Å². The fourth-order valence-corrected chi connectivity index (χ4v) is 0.658. The Bertz CT molecular complexity index is 182. The summed E-state index contributed by atoms with van der Waals surface area (Å²) in [6.45, 7) is 13.2. The molecule has 112 valence electrons. The van der Waals surface area contributed by atoms with Crippen molar-refractivity contribution in [1.29, 1.82) is 0 Å². The second-order valence-electron chi connectivity index (χ2n) is 3.38. The molecule has 0 heterocycles. The SMILES string of the molecule is C=CCC.O=P(O)(O)O.[CH2-]CCOCCCCC.[Li+]. The van der Waals surface area contributed by atoms with Gasteiger partial charge in [0.05, 0.1) is 0 Å².